The van der Waals surface area contributed by atoms with Crippen LogP contribution in [0.1, 0.15) is 47.2 Å². The van der Waals surface area contributed by atoms with E-state index in [1.54, 1.807) is 24.3 Å². The molecular formula is C20H19NO4. The molecule has 0 atom stereocenters. The first-order valence-corrected chi connectivity index (χ1v) is 7.91. The minimum Gasteiger partial charge on any atom is -0.478 e. The molecular weight excluding hydrogens is 318 g/mol. The largest absolute Gasteiger partial charge is 0.478 e. The second kappa shape index (κ2) is 5.77. The van der Waals surface area contributed by atoms with Crippen LogP contribution < -0.4 is 0 Å². The fourth-order valence-electron chi connectivity index (χ4n) is 2.93. The molecule has 0 aliphatic carbocycles. The number of carboxylic acid groups (broad SMARTS) is 2. The molecule has 1 aromatic heterocycles. The van der Waals surface area contributed by atoms with Crippen LogP contribution in [0.5, 0.6) is 0 Å². The topological polar surface area (TPSA) is 90.4 Å². The van der Waals surface area contributed by atoms with Crippen molar-refractivity contribution in [3.63, 3.8) is 0 Å². The van der Waals surface area contributed by atoms with E-state index in [4.69, 9.17) is 0 Å². The number of carbonyl (C=O) groups is 2. The van der Waals surface area contributed by atoms with Gasteiger partial charge in [0.05, 0.1) is 5.56 Å². The average molecular weight is 337 g/mol. The second-order valence-electron chi connectivity index (χ2n) is 7.07. The van der Waals surface area contributed by atoms with Crippen LogP contribution in [0.3, 0.4) is 0 Å². The molecule has 0 amide bonds. The maximum atomic E-state index is 11.7. The number of aromatic nitrogens is 1. The van der Waals surface area contributed by atoms with Crippen LogP contribution in [-0.4, -0.2) is 27.1 Å². The van der Waals surface area contributed by atoms with Gasteiger partial charge in [0.1, 0.15) is 5.69 Å². The van der Waals surface area contributed by atoms with E-state index in [0.29, 0.717) is 22.0 Å². The van der Waals surface area contributed by atoms with Gasteiger partial charge in [0.15, 0.2) is 0 Å². The number of hydrogen-bond acceptors (Lipinski definition) is 2. The number of fused-ring (bicyclic) bond motifs is 1. The maximum Gasteiger partial charge on any atom is 0.352 e. The number of aromatic amines is 1. The molecule has 0 saturated carbocycles. The smallest absolute Gasteiger partial charge is 0.352 e. The summed E-state index contributed by atoms with van der Waals surface area (Å²) >= 11 is 0. The van der Waals surface area contributed by atoms with Gasteiger partial charge in [-0.1, -0.05) is 39.0 Å². The average Bonchev–Trinajstić information content (AvgIpc) is 2.97. The number of benzene rings is 2. The summed E-state index contributed by atoms with van der Waals surface area (Å²) in [7, 11) is 0. The lowest BCUT2D eigenvalue weighted by molar-refractivity contribution is 0.0683. The van der Waals surface area contributed by atoms with Gasteiger partial charge >= 0.3 is 11.9 Å². The van der Waals surface area contributed by atoms with Gasteiger partial charge in [-0.05, 0) is 46.4 Å². The van der Waals surface area contributed by atoms with Crippen molar-refractivity contribution in [1.29, 1.82) is 0 Å². The predicted molar refractivity (Wildman–Crippen MR) is 96.4 cm³/mol. The summed E-state index contributed by atoms with van der Waals surface area (Å²) in [5.41, 5.74) is 3.09. The molecule has 0 aliphatic heterocycles. The Balaban J connectivity index is 2.33. The molecule has 3 rings (SSSR count). The first-order chi connectivity index (χ1) is 11.7. The Kier molecular flexibility index (Phi) is 3.87. The Morgan fingerprint density at radius 3 is 2.24 bits per heavy atom. The summed E-state index contributed by atoms with van der Waals surface area (Å²) in [5.74, 6) is -2.06. The van der Waals surface area contributed by atoms with E-state index >= 15 is 0 Å². The molecule has 25 heavy (non-hydrogen) atoms. The summed E-state index contributed by atoms with van der Waals surface area (Å²) in [4.78, 5) is 25.8. The highest BCUT2D eigenvalue weighted by atomic mass is 16.4. The Hall–Kier alpha value is -3.08. The second-order valence-corrected chi connectivity index (χ2v) is 7.07. The Morgan fingerprint density at radius 2 is 1.64 bits per heavy atom. The lowest BCUT2D eigenvalue weighted by Gasteiger charge is -2.21. The van der Waals surface area contributed by atoms with Crippen LogP contribution in [0.25, 0.3) is 22.0 Å². The molecule has 0 fully saturated rings. The van der Waals surface area contributed by atoms with Gasteiger partial charge in [0.2, 0.25) is 0 Å². The van der Waals surface area contributed by atoms with E-state index in [0.717, 1.165) is 5.56 Å². The first kappa shape index (κ1) is 16.8. The molecule has 0 saturated heterocycles. The summed E-state index contributed by atoms with van der Waals surface area (Å²) in [6.45, 7) is 6.18. The molecule has 2 aromatic carbocycles. The van der Waals surface area contributed by atoms with Crippen LogP contribution in [0, 0.1) is 0 Å². The number of aromatic carboxylic acids is 2. The van der Waals surface area contributed by atoms with Gasteiger partial charge in [-0.2, -0.15) is 0 Å². The van der Waals surface area contributed by atoms with E-state index in [-0.39, 0.29) is 16.7 Å². The van der Waals surface area contributed by atoms with Gasteiger partial charge in [-0.25, -0.2) is 9.59 Å². The highest BCUT2D eigenvalue weighted by Crippen LogP contribution is 2.35. The quantitative estimate of drug-likeness (QED) is 0.655. The van der Waals surface area contributed by atoms with Crippen molar-refractivity contribution < 1.29 is 19.8 Å². The molecule has 0 radical (unpaired) electrons. The number of nitrogens with one attached hydrogen (secondary N) is 1. The molecule has 0 unspecified atom stereocenters. The SMILES string of the molecule is CC(C)(C)c1ccc(C(=O)O)c(-c2cccc3[nH]c(C(=O)O)cc23)c1. The van der Waals surface area contributed by atoms with E-state index in [1.165, 1.54) is 0 Å². The zero-order valence-corrected chi connectivity index (χ0v) is 14.3. The third-order valence-electron chi connectivity index (χ3n) is 4.30. The number of rotatable bonds is 3. The summed E-state index contributed by atoms with van der Waals surface area (Å²) in [5, 5.41) is 19.5. The number of carboxylic acids is 2. The first-order valence-electron chi connectivity index (χ1n) is 7.91. The zero-order chi connectivity index (χ0) is 18.4. The number of hydrogen-bond donors (Lipinski definition) is 3. The van der Waals surface area contributed by atoms with Gasteiger partial charge in [-0.3, -0.25) is 0 Å². The van der Waals surface area contributed by atoms with E-state index in [2.05, 4.69) is 25.8 Å². The van der Waals surface area contributed by atoms with Gasteiger partial charge < -0.3 is 15.2 Å². The van der Waals surface area contributed by atoms with Crippen LogP contribution in [0.15, 0.2) is 42.5 Å². The summed E-state index contributed by atoms with van der Waals surface area (Å²) < 4.78 is 0. The molecule has 0 spiro atoms. The molecule has 3 aromatic rings. The van der Waals surface area contributed by atoms with Crippen LogP contribution in [0.4, 0.5) is 0 Å². The lowest BCUT2D eigenvalue weighted by atomic mass is 9.83. The van der Waals surface area contributed by atoms with E-state index in [9.17, 15) is 19.8 Å². The standard InChI is InChI=1S/C20H19NO4/c1-20(2,3)11-7-8-13(18(22)23)14(9-11)12-5-4-6-16-15(12)10-17(21-16)19(24)25/h4-10,21H,1-3H3,(H,22,23)(H,24,25). The minimum atomic E-state index is -1.05. The predicted octanol–water partition coefficient (Wildman–Crippen LogP) is 4.53. The van der Waals surface area contributed by atoms with Gasteiger partial charge in [-0.15, -0.1) is 0 Å². The van der Waals surface area contributed by atoms with Crippen molar-refractivity contribution in [1.82, 2.24) is 4.98 Å². The molecule has 5 nitrogen and oxygen atoms in total. The highest BCUT2D eigenvalue weighted by molar-refractivity contribution is 6.05. The molecule has 1 heterocycles. The fraction of sp³-hybridized carbons (Fsp3) is 0.200. The number of H-pyrrole nitrogens is 1. The van der Waals surface area contributed by atoms with Gasteiger partial charge in [0.25, 0.3) is 0 Å². The summed E-state index contributed by atoms with van der Waals surface area (Å²) in [6.07, 6.45) is 0. The maximum absolute atomic E-state index is 11.7. The Labute approximate surface area is 144 Å². The Morgan fingerprint density at radius 1 is 0.920 bits per heavy atom. The van der Waals surface area contributed by atoms with E-state index < -0.39 is 11.9 Å². The molecule has 0 aliphatic rings. The Bertz CT molecular complexity index is 993. The normalized spacial score (nSPS) is 11.6. The van der Waals surface area contributed by atoms with Crippen LogP contribution in [0.2, 0.25) is 0 Å². The lowest BCUT2D eigenvalue weighted by Crippen LogP contribution is -2.12. The molecule has 5 heteroatoms. The summed E-state index contributed by atoms with van der Waals surface area (Å²) in [6, 6.07) is 12.2. The van der Waals surface area contributed by atoms with Gasteiger partial charge in [0, 0.05) is 10.9 Å². The molecule has 0 bridgehead atoms. The molecule has 3 N–H and O–H groups in total. The van der Waals surface area contributed by atoms with Crippen molar-refractivity contribution in [3.8, 4) is 11.1 Å². The van der Waals surface area contributed by atoms with Crippen molar-refractivity contribution in [2.24, 2.45) is 0 Å². The van der Waals surface area contributed by atoms with Crippen LogP contribution in [-0.2, 0) is 5.41 Å². The van der Waals surface area contributed by atoms with Crippen molar-refractivity contribution in [2.75, 3.05) is 0 Å². The highest BCUT2D eigenvalue weighted by Gasteiger charge is 2.20. The fourth-order valence-corrected chi connectivity index (χ4v) is 2.93. The zero-order valence-electron chi connectivity index (χ0n) is 14.3. The van der Waals surface area contributed by atoms with Crippen molar-refractivity contribution >= 4 is 22.8 Å². The van der Waals surface area contributed by atoms with E-state index in [1.807, 2.05) is 18.2 Å². The minimum absolute atomic E-state index is 0.0753. The third-order valence-corrected chi connectivity index (χ3v) is 4.30. The van der Waals surface area contributed by atoms with Crippen LogP contribution >= 0.6 is 0 Å². The third kappa shape index (κ3) is 3.01. The van der Waals surface area contributed by atoms with Crippen molar-refractivity contribution in [3.05, 3.63) is 59.3 Å². The molecule has 128 valence electrons. The monoisotopic (exact) mass is 337 g/mol. The van der Waals surface area contributed by atoms with Crippen molar-refractivity contribution in [2.45, 2.75) is 26.2 Å².